The number of amides is 1. The second-order valence-electron chi connectivity index (χ2n) is 4.06. The van der Waals surface area contributed by atoms with Crippen LogP contribution in [-0.4, -0.2) is 32.4 Å². The largest absolute Gasteiger partial charge is 0.348 e. The zero-order valence-electron chi connectivity index (χ0n) is 9.91. The first-order valence-corrected chi connectivity index (χ1v) is 7.98. The van der Waals surface area contributed by atoms with Gasteiger partial charge >= 0.3 is 0 Å². The minimum atomic E-state index is -3.19. The van der Waals surface area contributed by atoms with Crippen LogP contribution in [0.2, 0.25) is 0 Å². The number of rotatable bonds is 4. The molecule has 1 N–H and O–H groups in total. The summed E-state index contributed by atoms with van der Waals surface area (Å²) < 4.78 is 35.9. The summed E-state index contributed by atoms with van der Waals surface area (Å²) in [5, 5.41) is 2.45. The highest BCUT2D eigenvalue weighted by atomic mass is 79.9. The van der Waals surface area contributed by atoms with Crippen LogP contribution in [0.4, 0.5) is 4.39 Å². The van der Waals surface area contributed by atoms with Crippen molar-refractivity contribution in [1.29, 1.82) is 0 Å². The van der Waals surface area contributed by atoms with Crippen LogP contribution < -0.4 is 5.32 Å². The van der Waals surface area contributed by atoms with Crippen molar-refractivity contribution in [1.82, 2.24) is 5.32 Å². The molecule has 0 saturated carbocycles. The molecule has 0 bridgehead atoms. The number of sulfone groups is 1. The zero-order chi connectivity index (χ0) is 13.9. The fraction of sp³-hybridized carbons (Fsp3) is 0.364. The standard InChI is InChI=1S/C11H13BrFNO3S/c1-7(6-18(2,16)17)14-11(15)10-8(12)4-3-5-9(10)13/h3-5,7H,6H2,1-2H3,(H,14,15)/t7-/m1/s1. The lowest BCUT2D eigenvalue weighted by molar-refractivity contribution is 0.0939. The van der Waals surface area contributed by atoms with Crippen molar-refractivity contribution in [3.05, 3.63) is 34.1 Å². The average molecular weight is 338 g/mol. The van der Waals surface area contributed by atoms with Crippen molar-refractivity contribution in [2.24, 2.45) is 0 Å². The highest BCUT2D eigenvalue weighted by Crippen LogP contribution is 2.19. The highest BCUT2D eigenvalue weighted by molar-refractivity contribution is 9.10. The Bertz CT molecular complexity index is 539. The lowest BCUT2D eigenvalue weighted by Gasteiger charge is -2.13. The summed E-state index contributed by atoms with van der Waals surface area (Å²) in [6.07, 6.45) is 1.08. The molecule has 1 rings (SSSR count). The molecular formula is C11H13BrFNO3S. The van der Waals surface area contributed by atoms with Crippen molar-refractivity contribution >= 4 is 31.7 Å². The number of carbonyl (C=O) groups is 1. The SMILES string of the molecule is C[C@H](CS(C)(=O)=O)NC(=O)c1c(F)cccc1Br. The van der Waals surface area contributed by atoms with Crippen LogP contribution in [0.15, 0.2) is 22.7 Å². The van der Waals surface area contributed by atoms with E-state index >= 15 is 0 Å². The van der Waals surface area contributed by atoms with Crippen LogP contribution in [-0.2, 0) is 9.84 Å². The summed E-state index contributed by atoms with van der Waals surface area (Å²) in [6.45, 7) is 1.55. The zero-order valence-corrected chi connectivity index (χ0v) is 12.3. The van der Waals surface area contributed by atoms with E-state index in [4.69, 9.17) is 0 Å². The molecule has 1 atom stereocenters. The van der Waals surface area contributed by atoms with Gasteiger partial charge in [-0.15, -0.1) is 0 Å². The van der Waals surface area contributed by atoms with Crippen molar-refractivity contribution in [3.63, 3.8) is 0 Å². The lowest BCUT2D eigenvalue weighted by Crippen LogP contribution is -2.37. The van der Waals surface area contributed by atoms with E-state index in [2.05, 4.69) is 21.2 Å². The summed E-state index contributed by atoms with van der Waals surface area (Å²) in [5.41, 5.74) is -0.127. The molecule has 0 unspecified atom stereocenters. The second kappa shape index (κ2) is 5.79. The van der Waals surface area contributed by atoms with E-state index in [0.717, 1.165) is 6.26 Å². The number of carbonyl (C=O) groups excluding carboxylic acids is 1. The van der Waals surface area contributed by atoms with Gasteiger partial charge in [-0.05, 0) is 35.0 Å². The van der Waals surface area contributed by atoms with E-state index in [1.54, 1.807) is 13.0 Å². The Morgan fingerprint density at radius 3 is 2.61 bits per heavy atom. The van der Waals surface area contributed by atoms with Crippen molar-refractivity contribution in [2.45, 2.75) is 13.0 Å². The van der Waals surface area contributed by atoms with Crippen LogP contribution in [0.25, 0.3) is 0 Å². The topological polar surface area (TPSA) is 63.2 Å². The van der Waals surface area contributed by atoms with Gasteiger partial charge in [0.25, 0.3) is 5.91 Å². The van der Waals surface area contributed by atoms with Crippen molar-refractivity contribution in [2.75, 3.05) is 12.0 Å². The Balaban J connectivity index is 2.83. The smallest absolute Gasteiger partial charge is 0.255 e. The summed E-state index contributed by atoms with van der Waals surface area (Å²) >= 11 is 3.08. The molecule has 7 heteroatoms. The van der Waals surface area contributed by atoms with Crippen molar-refractivity contribution < 1.29 is 17.6 Å². The average Bonchev–Trinajstić information content (AvgIpc) is 2.13. The van der Waals surface area contributed by atoms with E-state index in [9.17, 15) is 17.6 Å². The highest BCUT2D eigenvalue weighted by Gasteiger charge is 2.19. The Kier molecular flexibility index (Phi) is 4.86. The van der Waals surface area contributed by atoms with Gasteiger partial charge in [0.1, 0.15) is 15.7 Å². The molecule has 0 aliphatic rings. The molecule has 0 aliphatic carbocycles. The third kappa shape index (κ3) is 4.38. The van der Waals surface area contributed by atoms with Gasteiger partial charge in [0.05, 0.1) is 11.3 Å². The Hall–Kier alpha value is -0.950. The fourth-order valence-corrected chi connectivity index (χ4v) is 3.02. The van der Waals surface area contributed by atoms with Crippen LogP contribution in [0.3, 0.4) is 0 Å². The molecule has 0 radical (unpaired) electrons. The van der Waals surface area contributed by atoms with E-state index in [-0.39, 0.29) is 11.3 Å². The third-order valence-electron chi connectivity index (χ3n) is 2.12. The maximum Gasteiger partial charge on any atom is 0.255 e. The predicted molar refractivity (Wildman–Crippen MR) is 70.7 cm³/mol. The van der Waals surface area contributed by atoms with Gasteiger partial charge in [-0.3, -0.25) is 4.79 Å². The van der Waals surface area contributed by atoms with E-state index in [1.165, 1.54) is 12.1 Å². The number of hydrogen-bond acceptors (Lipinski definition) is 3. The second-order valence-corrected chi connectivity index (χ2v) is 7.10. The first kappa shape index (κ1) is 15.1. The van der Waals surface area contributed by atoms with Crippen LogP contribution in [0.1, 0.15) is 17.3 Å². The summed E-state index contributed by atoms with van der Waals surface area (Å²) in [5.74, 6) is -1.49. The molecule has 0 aliphatic heterocycles. The normalized spacial score (nSPS) is 13.1. The number of halogens is 2. The molecule has 1 aromatic rings. The van der Waals surface area contributed by atoms with Crippen molar-refractivity contribution in [3.8, 4) is 0 Å². The van der Waals surface area contributed by atoms with E-state index in [0.29, 0.717) is 4.47 Å². The summed E-state index contributed by atoms with van der Waals surface area (Å²) in [7, 11) is -3.19. The predicted octanol–water partition coefficient (Wildman–Crippen LogP) is 1.75. The molecule has 4 nitrogen and oxygen atoms in total. The number of benzene rings is 1. The molecule has 100 valence electrons. The third-order valence-corrected chi connectivity index (χ3v) is 3.89. The van der Waals surface area contributed by atoms with Gasteiger partial charge in [0.15, 0.2) is 0 Å². The Morgan fingerprint density at radius 2 is 2.11 bits per heavy atom. The van der Waals surface area contributed by atoms with Crippen LogP contribution in [0, 0.1) is 5.82 Å². The fourth-order valence-electron chi connectivity index (χ4n) is 1.51. The molecule has 0 aromatic heterocycles. The molecule has 18 heavy (non-hydrogen) atoms. The molecule has 0 fully saturated rings. The van der Waals surface area contributed by atoms with E-state index < -0.39 is 27.6 Å². The lowest BCUT2D eigenvalue weighted by atomic mass is 10.2. The Morgan fingerprint density at radius 1 is 1.50 bits per heavy atom. The monoisotopic (exact) mass is 337 g/mol. The first-order chi connectivity index (χ1) is 8.20. The van der Waals surface area contributed by atoms with Crippen LogP contribution >= 0.6 is 15.9 Å². The molecular weight excluding hydrogens is 325 g/mol. The first-order valence-electron chi connectivity index (χ1n) is 5.13. The maximum absolute atomic E-state index is 13.5. The van der Waals surface area contributed by atoms with Gasteiger partial charge in [-0.25, -0.2) is 12.8 Å². The van der Waals surface area contributed by atoms with Gasteiger partial charge in [0.2, 0.25) is 0 Å². The molecule has 0 saturated heterocycles. The molecule has 1 aromatic carbocycles. The molecule has 0 spiro atoms. The quantitative estimate of drug-likeness (QED) is 0.910. The van der Waals surface area contributed by atoms with E-state index in [1.807, 2.05) is 0 Å². The minimum Gasteiger partial charge on any atom is -0.348 e. The maximum atomic E-state index is 13.5. The molecule has 0 heterocycles. The summed E-state index contributed by atoms with van der Waals surface area (Å²) in [6, 6.07) is 3.59. The number of hydrogen-bond donors (Lipinski definition) is 1. The molecule has 1 amide bonds. The van der Waals surface area contributed by atoms with Gasteiger partial charge < -0.3 is 5.32 Å². The number of nitrogens with one attached hydrogen (secondary N) is 1. The Labute approximate surface area is 114 Å². The van der Waals surface area contributed by atoms with Gasteiger partial charge in [0, 0.05) is 16.8 Å². The van der Waals surface area contributed by atoms with Gasteiger partial charge in [-0.1, -0.05) is 6.07 Å². The van der Waals surface area contributed by atoms with Gasteiger partial charge in [-0.2, -0.15) is 0 Å². The summed E-state index contributed by atoms with van der Waals surface area (Å²) in [4.78, 5) is 11.8. The minimum absolute atomic E-state index is 0.127. The van der Waals surface area contributed by atoms with Crippen LogP contribution in [0.5, 0.6) is 0 Å².